The minimum atomic E-state index is -0.945. The van der Waals surface area contributed by atoms with Crippen LogP contribution in [0.15, 0.2) is 0 Å². The predicted molar refractivity (Wildman–Crippen MR) is 74.0 cm³/mol. The minimum Gasteiger partial charge on any atom is -0.480 e. The molecule has 0 radical (unpaired) electrons. The Balaban J connectivity index is 2.60. The van der Waals surface area contributed by atoms with Crippen molar-refractivity contribution >= 4 is 17.8 Å². The number of nitrogens with zero attached hydrogens (tertiary/aromatic N) is 2. The van der Waals surface area contributed by atoms with E-state index in [0.29, 0.717) is 39.3 Å². The maximum Gasteiger partial charge on any atom is 0.317 e. The molecule has 21 heavy (non-hydrogen) atoms. The molecule has 0 spiro atoms. The zero-order valence-corrected chi connectivity index (χ0v) is 11.9. The van der Waals surface area contributed by atoms with Gasteiger partial charge in [-0.1, -0.05) is 0 Å². The van der Waals surface area contributed by atoms with Crippen molar-refractivity contribution in [3.63, 3.8) is 0 Å². The molecule has 1 aliphatic rings. The van der Waals surface area contributed by atoms with Crippen LogP contribution in [-0.2, 0) is 14.4 Å². The van der Waals surface area contributed by atoms with E-state index in [4.69, 9.17) is 10.2 Å². The number of amides is 1. The number of hydrogen-bond acceptors (Lipinski definition) is 6. The summed E-state index contributed by atoms with van der Waals surface area (Å²) in [6, 6.07) is 0. The van der Waals surface area contributed by atoms with Crippen molar-refractivity contribution in [2.45, 2.75) is 0 Å². The van der Waals surface area contributed by atoms with Crippen molar-refractivity contribution in [1.82, 2.24) is 20.4 Å². The molecular formula is C12H22N4O5. The molecule has 0 aromatic rings. The number of nitrogens with one attached hydrogen (secondary N) is 2. The average molecular weight is 302 g/mol. The van der Waals surface area contributed by atoms with E-state index in [-0.39, 0.29) is 25.5 Å². The quantitative estimate of drug-likeness (QED) is 0.449. The van der Waals surface area contributed by atoms with Crippen molar-refractivity contribution < 1.29 is 24.6 Å². The fraction of sp³-hybridized carbons (Fsp3) is 0.750. The van der Waals surface area contributed by atoms with Crippen LogP contribution in [0.5, 0.6) is 0 Å². The molecule has 1 heterocycles. The Kier molecular flexibility index (Phi) is 7.65. The summed E-state index contributed by atoms with van der Waals surface area (Å²) in [6.45, 7) is 2.61. The van der Waals surface area contributed by atoms with Crippen LogP contribution >= 0.6 is 0 Å². The normalized spacial score (nSPS) is 20.1. The zero-order valence-electron chi connectivity index (χ0n) is 11.9. The van der Waals surface area contributed by atoms with Crippen LogP contribution in [0, 0.1) is 0 Å². The van der Waals surface area contributed by atoms with E-state index in [0.717, 1.165) is 0 Å². The third-order valence-electron chi connectivity index (χ3n) is 3.09. The van der Waals surface area contributed by atoms with Crippen molar-refractivity contribution in [3.05, 3.63) is 0 Å². The lowest BCUT2D eigenvalue weighted by atomic mass is 10.3. The summed E-state index contributed by atoms with van der Waals surface area (Å²) in [5.74, 6) is -2.03. The summed E-state index contributed by atoms with van der Waals surface area (Å²) >= 11 is 0. The lowest BCUT2D eigenvalue weighted by molar-refractivity contribution is -0.140. The molecule has 1 saturated heterocycles. The van der Waals surface area contributed by atoms with Gasteiger partial charge in [-0.05, 0) is 0 Å². The Morgan fingerprint density at radius 1 is 0.952 bits per heavy atom. The molecule has 4 N–H and O–H groups in total. The number of carbonyl (C=O) groups is 3. The second kappa shape index (κ2) is 9.27. The molecule has 120 valence electrons. The molecular weight excluding hydrogens is 280 g/mol. The minimum absolute atomic E-state index is 0.102. The molecule has 0 aliphatic carbocycles. The molecule has 0 atom stereocenters. The van der Waals surface area contributed by atoms with Crippen molar-refractivity contribution in [1.29, 1.82) is 0 Å². The van der Waals surface area contributed by atoms with E-state index >= 15 is 0 Å². The molecule has 1 rings (SSSR count). The average Bonchev–Trinajstić information content (AvgIpc) is 2.37. The largest absolute Gasteiger partial charge is 0.480 e. The molecule has 9 nitrogen and oxygen atoms in total. The molecule has 1 fully saturated rings. The SMILES string of the molecule is O=C(O)CN1CCNCC(=O)NCCN(CC(=O)O)CC1. The van der Waals surface area contributed by atoms with Gasteiger partial charge in [0.2, 0.25) is 5.91 Å². The van der Waals surface area contributed by atoms with Crippen molar-refractivity contribution in [2.75, 3.05) is 58.9 Å². The smallest absolute Gasteiger partial charge is 0.317 e. The van der Waals surface area contributed by atoms with E-state index in [9.17, 15) is 14.4 Å². The van der Waals surface area contributed by atoms with Crippen LogP contribution < -0.4 is 10.6 Å². The number of rotatable bonds is 4. The summed E-state index contributed by atoms with van der Waals surface area (Å²) in [5, 5.41) is 23.4. The molecule has 0 aromatic heterocycles. The first-order chi connectivity index (χ1) is 9.97. The van der Waals surface area contributed by atoms with E-state index < -0.39 is 11.9 Å². The van der Waals surface area contributed by atoms with E-state index in [1.165, 1.54) is 0 Å². The Morgan fingerprint density at radius 3 is 2.00 bits per heavy atom. The van der Waals surface area contributed by atoms with Crippen LogP contribution in [0.25, 0.3) is 0 Å². The van der Waals surface area contributed by atoms with Gasteiger partial charge in [0.25, 0.3) is 0 Å². The second-order valence-electron chi connectivity index (χ2n) is 4.87. The maximum absolute atomic E-state index is 11.5. The van der Waals surface area contributed by atoms with Gasteiger partial charge in [0.1, 0.15) is 0 Å². The number of carboxylic acid groups (broad SMARTS) is 2. The number of carboxylic acids is 2. The van der Waals surface area contributed by atoms with Gasteiger partial charge < -0.3 is 20.8 Å². The summed E-state index contributed by atoms with van der Waals surface area (Å²) in [4.78, 5) is 36.5. The number of carbonyl (C=O) groups excluding carboxylic acids is 1. The Bertz CT molecular complexity index is 377. The number of aliphatic carboxylic acids is 2. The van der Waals surface area contributed by atoms with Crippen molar-refractivity contribution in [3.8, 4) is 0 Å². The molecule has 9 heteroatoms. The summed E-state index contributed by atoms with van der Waals surface area (Å²) in [5.41, 5.74) is 0. The van der Waals surface area contributed by atoms with Crippen LogP contribution in [0.4, 0.5) is 0 Å². The topological polar surface area (TPSA) is 122 Å². The van der Waals surface area contributed by atoms with Gasteiger partial charge in [-0.2, -0.15) is 0 Å². The first-order valence-electron chi connectivity index (χ1n) is 6.83. The number of hydrogen-bond donors (Lipinski definition) is 4. The Labute approximate surface area is 122 Å². The highest BCUT2D eigenvalue weighted by atomic mass is 16.4. The third-order valence-corrected chi connectivity index (χ3v) is 3.09. The van der Waals surface area contributed by atoms with Gasteiger partial charge in [0.15, 0.2) is 0 Å². The van der Waals surface area contributed by atoms with Crippen LogP contribution in [-0.4, -0.2) is 96.8 Å². The van der Waals surface area contributed by atoms with Gasteiger partial charge in [-0.25, -0.2) is 0 Å². The second-order valence-corrected chi connectivity index (χ2v) is 4.87. The molecule has 0 bridgehead atoms. The summed E-state index contributed by atoms with van der Waals surface area (Å²) < 4.78 is 0. The van der Waals surface area contributed by atoms with Gasteiger partial charge in [-0.3, -0.25) is 24.2 Å². The summed E-state index contributed by atoms with van der Waals surface area (Å²) in [6.07, 6.45) is 0. The predicted octanol–water partition coefficient (Wildman–Crippen LogP) is -2.52. The van der Waals surface area contributed by atoms with E-state index in [2.05, 4.69) is 10.6 Å². The van der Waals surface area contributed by atoms with Crippen LogP contribution in [0.2, 0.25) is 0 Å². The van der Waals surface area contributed by atoms with Gasteiger partial charge in [-0.15, -0.1) is 0 Å². The zero-order chi connectivity index (χ0) is 15.7. The van der Waals surface area contributed by atoms with E-state index in [1.54, 1.807) is 9.80 Å². The molecule has 1 amide bonds. The molecule has 1 aliphatic heterocycles. The Hall–Kier alpha value is -1.71. The van der Waals surface area contributed by atoms with E-state index in [1.807, 2.05) is 0 Å². The van der Waals surface area contributed by atoms with Gasteiger partial charge in [0, 0.05) is 39.3 Å². The summed E-state index contributed by atoms with van der Waals surface area (Å²) in [7, 11) is 0. The third kappa shape index (κ3) is 8.23. The highest BCUT2D eigenvalue weighted by Gasteiger charge is 2.15. The monoisotopic (exact) mass is 302 g/mol. The lowest BCUT2D eigenvalue weighted by Crippen LogP contribution is -2.47. The maximum atomic E-state index is 11.5. The first kappa shape index (κ1) is 17.3. The van der Waals surface area contributed by atoms with Crippen molar-refractivity contribution in [2.24, 2.45) is 0 Å². The fourth-order valence-electron chi connectivity index (χ4n) is 2.06. The standard InChI is InChI=1S/C12H22N4O5/c17-10-7-13-1-3-15(8-11(18)19)5-6-16(4-2-14-10)9-12(20)21/h13H,1-9H2,(H,14,17)(H,18,19)(H,20,21). The lowest BCUT2D eigenvalue weighted by Gasteiger charge is -2.26. The van der Waals surface area contributed by atoms with Gasteiger partial charge >= 0.3 is 11.9 Å². The molecule has 0 aromatic carbocycles. The highest BCUT2D eigenvalue weighted by molar-refractivity contribution is 5.78. The highest BCUT2D eigenvalue weighted by Crippen LogP contribution is 1.94. The van der Waals surface area contributed by atoms with Crippen LogP contribution in [0.3, 0.4) is 0 Å². The van der Waals surface area contributed by atoms with Crippen LogP contribution in [0.1, 0.15) is 0 Å². The molecule has 0 saturated carbocycles. The fourth-order valence-corrected chi connectivity index (χ4v) is 2.06. The molecule has 0 unspecified atom stereocenters. The van der Waals surface area contributed by atoms with Gasteiger partial charge in [0.05, 0.1) is 19.6 Å². The first-order valence-corrected chi connectivity index (χ1v) is 6.83. The Morgan fingerprint density at radius 2 is 1.48 bits per heavy atom.